The van der Waals surface area contributed by atoms with E-state index in [1.807, 2.05) is 6.92 Å². The van der Waals surface area contributed by atoms with E-state index in [0.29, 0.717) is 0 Å². The number of nitrogens with zero attached hydrogens (tertiary/aromatic N) is 3. The predicted octanol–water partition coefficient (Wildman–Crippen LogP) is 5.35. The molecule has 3 heteroatoms. The average molecular weight is 402 g/mol. The number of likely N-dealkylation sites (tertiary alicyclic amines) is 1. The summed E-state index contributed by atoms with van der Waals surface area (Å²) >= 11 is 0. The van der Waals surface area contributed by atoms with Gasteiger partial charge in [0.15, 0.2) is 0 Å². The van der Waals surface area contributed by atoms with Gasteiger partial charge in [0.25, 0.3) is 0 Å². The van der Waals surface area contributed by atoms with Crippen molar-refractivity contribution in [3.8, 4) is 0 Å². The largest absolute Gasteiger partial charge is 0.374 e. The highest BCUT2D eigenvalue weighted by atomic mass is 15.3. The van der Waals surface area contributed by atoms with Crippen LogP contribution in [0.5, 0.6) is 0 Å². The Kier molecular flexibility index (Phi) is 8.34. The van der Waals surface area contributed by atoms with E-state index in [1.54, 1.807) is 11.6 Å². The summed E-state index contributed by atoms with van der Waals surface area (Å²) in [5, 5.41) is 0. The van der Waals surface area contributed by atoms with Crippen molar-refractivity contribution in [1.29, 1.82) is 0 Å². The molecule has 2 fully saturated rings. The highest BCUT2D eigenvalue weighted by Gasteiger charge is 2.19. The topological polar surface area (TPSA) is 9.72 Å². The van der Waals surface area contributed by atoms with Gasteiger partial charge in [-0.15, -0.1) is 0 Å². The van der Waals surface area contributed by atoms with Crippen molar-refractivity contribution in [3.05, 3.63) is 103 Å². The second kappa shape index (κ2) is 11.4. The quantitative estimate of drug-likeness (QED) is 0.626. The van der Waals surface area contributed by atoms with E-state index in [2.05, 4.69) is 94.7 Å². The van der Waals surface area contributed by atoms with Gasteiger partial charge in [0.05, 0.1) is 0 Å². The van der Waals surface area contributed by atoms with Crippen molar-refractivity contribution < 1.29 is 0 Å². The summed E-state index contributed by atoms with van der Waals surface area (Å²) in [6.45, 7) is 16.8. The van der Waals surface area contributed by atoms with Gasteiger partial charge >= 0.3 is 0 Å². The summed E-state index contributed by atoms with van der Waals surface area (Å²) in [6.07, 6.45) is 5.37. The van der Waals surface area contributed by atoms with Gasteiger partial charge in [-0.05, 0) is 42.8 Å². The predicted molar refractivity (Wildman–Crippen MR) is 130 cm³/mol. The maximum atomic E-state index is 3.56. The smallest absolute Gasteiger partial charge is 0.0367 e. The van der Waals surface area contributed by atoms with Crippen molar-refractivity contribution >= 4 is 5.69 Å². The molecule has 2 heterocycles. The molecule has 0 saturated carbocycles. The highest BCUT2D eigenvalue weighted by Crippen LogP contribution is 2.20. The zero-order chi connectivity index (χ0) is 21.2. The van der Waals surface area contributed by atoms with Crippen molar-refractivity contribution in [3.63, 3.8) is 0 Å². The number of anilines is 1. The van der Waals surface area contributed by atoms with E-state index in [1.165, 1.54) is 24.2 Å². The molecule has 2 aromatic rings. The lowest BCUT2D eigenvalue weighted by Gasteiger charge is -2.36. The number of hydrogen-bond donors (Lipinski definition) is 0. The van der Waals surface area contributed by atoms with Gasteiger partial charge in [0, 0.05) is 51.5 Å². The van der Waals surface area contributed by atoms with Gasteiger partial charge in [0.2, 0.25) is 0 Å². The number of para-hydroxylation sites is 1. The summed E-state index contributed by atoms with van der Waals surface area (Å²) in [6, 6.07) is 21.6. The molecule has 3 nitrogen and oxygen atoms in total. The van der Waals surface area contributed by atoms with E-state index in [-0.39, 0.29) is 0 Å². The van der Waals surface area contributed by atoms with Gasteiger partial charge in [-0.3, -0.25) is 4.90 Å². The molecule has 0 amide bonds. The van der Waals surface area contributed by atoms with E-state index < -0.39 is 0 Å². The number of rotatable bonds is 5. The minimum atomic E-state index is 1.02. The van der Waals surface area contributed by atoms with Crippen LogP contribution in [0.15, 0.2) is 97.2 Å². The molecule has 4 rings (SSSR count). The van der Waals surface area contributed by atoms with Crippen LogP contribution in [0.1, 0.15) is 18.9 Å². The van der Waals surface area contributed by atoms with Gasteiger partial charge < -0.3 is 9.80 Å². The van der Waals surface area contributed by atoms with Crippen molar-refractivity contribution in [2.45, 2.75) is 19.9 Å². The molecule has 2 aliphatic rings. The van der Waals surface area contributed by atoms with Gasteiger partial charge in [-0.1, -0.05) is 73.3 Å². The summed E-state index contributed by atoms with van der Waals surface area (Å²) in [4.78, 5) is 7.56. The molecule has 0 radical (unpaired) electrons. The Morgan fingerprint density at radius 2 is 1.50 bits per heavy atom. The Morgan fingerprint density at radius 1 is 0.900 bits per heavy atom. The fourth-order valence-corrected chi connectivity index (χ4v) is 3.84. The molecule has 0 atom stereocenters. The number of benzene rings is 2. The van der Waals surface area contributed by atoms with Crippen LogP contribution >= 0.6 is 0 Å². The molecule has 2 aromatic carbocycles. The molecular formula is C27H35N3. The fraction of sp³-hybridized carbons (Fsp3) is 0.333. The molecule has 158 valence electrons. The molecule has 0 aromatic heterocycles. The third kappa shape index (κ3) is 6.93. The maximum Gasteiger partial charge on any atom is 0.0367 e. The lowest BCUT2D eigenvalue weighted by molar-refractivity contribution is 0.331. The van der Waals surface area contributed by atoms with Crippen LogP contribution in [0.2, 0.25) is 0 Å². The Bertz CT molecular complexity index is 818. The first-order chi connectivity index (χ1) is 14.6. The first-order valence-corrected chi connectivity index (χ1v) is 10.9. The number of hydrogen-bond acceptors (Lipinski definition) is 3. The van der Waals surface area contributed by atoms with Crippen LogP contribution in [0, 0.1) is 0 Å². The van der Waals surface area contributed by atoms with Crippen LogP contribution in [-0.4, -0.2) is 49.1 Å². The van der Waals surface area contributed by atoms with Crippen LogP contribution in [0.3, 0.4) is 0 Å². The molecule has 0 aliphatic carbocycles. The molecular weight excluding hydrogens is 366 g/mol. The zero-order valence-electron chi connectivity index (χ0n) is 18.3. The lowest BCUT2D eigenvalue weighted by Crippen LogP contribution is -2.44. The van der Waals surface area contributed by atoms with E-state index in [9.17, 15) is 0 Å². The Balaban J connectivity index is 0.000000461. The van der Waals surface area contributed by atoms with Crippen molar-refractivity contribution in [2.75, 3.05) is 44.2 Å². The molecule has 0 spiro atoms. The Morgan fingerprint density at radius 3 is 2.10 bits per heavy atom. The normalized spacial score (nSPS) is 18.1. The minimum absolute atomic E-state index is 1.02. The summed E-state index contributed by atoms with van der Waals surface area (Å²) in [5.41, 5.74) is 5.37. The SMILES string of the molecule is C(=C1\CCN(Cc2ccccc2)C1)/N1CCN(c2ccccc2)CC1.C=CC(=C)C. The molecule has 0 unspecified atom stereocenters. The second-order valence-electron chi connectivity index (χ2n) is 8.14. The molecule has 2 aliphatic heterocycles. The standard InChI is InChI=1S/C22H27N3.C5H8/c1-3-7-20(8-4-1)17-24-12-11-21(19-24)18-23-13-15-25(16-14-23)22-9-5-2-6-10-22;1-4-5(2)3/h1-10,18H,11-17,19H2;4H,1-2H2,3H3/b21-18-;. The minimum Gasteiger partial charge on any atom is -0.374 e. The Hall–Kier alpha value is -2.78. The molecule has 0 N–H and O–H groups in total. The van der Waals surface area contributed by atoms with Gasteiger partial charge in [-0.2, -0.15) is 0 Å². The van der Waals surface area contributed by atoms with E-state index in [0.717, 1.165) is 44.8 Å². The van der Waals surface area contributed by atoms with Crippen LogP contribution in [-0.2, 0) is 6.54 Å². The molecule has 30 heavy (non-hydrogen) atoms. The monoisotopic (exact) mass is 401 g/mol. The third-order valence-electron chi connectivity index (χ3n) is 5.57. The first kappa shape index (κ1) is 21.9. The van der Waals surface area contributed by atoms with Crippen LogP contribution in [0.25, 0.3) is 0 Å². The Labute approximate surface area is 182 Å². The maximum absolute atomic E-state index is 3.56. The summed E-state index contributed by atoms with van der Waals surface area (Å²) in [7, 11) is 0. The second-order valence-corrected chi connectivity index (χ2v) is 8.14. The summed E-state index contributed by atoms with van der Waals surface area (Å²) < 4.78 is 0. The molecule has 2 saturated heterocycles. The van der Waals surface area contributed by atoms with Crippen molar-refractivity contribution in [1.82, 2.24) is 9.80 Å². The lowest BCUT2D eigenvalue weighted by atomic mass is 10.2. The number of piperazine rings is 1. The van der Waals surface area contributed by atoms with Crippen molar-refractivity contribution in [2.24, 2.45) is 0 Å². The highest BCUT2D eigenvalue weighted by molar-refractivity contribution is 5.46. The van der Waals surface area contributed by atoms with Gasteiger partial charge in [0.1, 0.15) is 0 Å². The number of allylic oxidation sites excluding steroid dienone is 2. The average Bonchev–Trinajstić information content (AvgIpc) is 3.22. The zero-order valence-corrected chi connectivity index (χ0v) is 18.3. The van der Waals surface area contributed by atoms with Gasteiger partial charge in [-0.25, -0.2) is 0 Å². The summed E-state index contributed by atoms with van der Waals surface area (Å²) in [5.74, 6) is 0. The van der Waals surface area contributed by atoms with E-state index in [4.69, 9.17) is 0 Å². The van der Waals surface area contributed by atoms with Crippen LogP contribution in [0.4, 0.5) is 5.69 Å². The third-order valence-corrected chi connectivity index (χ3v) is 5.57. The molecule has 0 bridgehead atoms. The fourth-order valence-electron chi connectivity index (χ4n) is 3.84. The van der Waals surface area contributed by atoms with Crippen LogP contribution < -0.4 is 4.90 Å². The first-order valence-electron chi connectivity index (χ1n) is 10.9. The van der Waals surface area contributed by atoms with E-state index >= 15 is 0 Å².